The zero-order valence-corrected chi connectivity index (χ0v) is 7.32. The van der Waals surface area contributed by atoms with Crippen molar-refractivity contribution in [1.29, 1.82) is 0 Å². The van der Waals surface area contributed by atoms with Crippen molar-refractivity contribution in [1.82, 2.24) is 0 Å². The van der Waals surface area contributed by atoms with Gasteiger partial charge < -0.3 is 0 Å². The van der Waals surface area contributed by atoms with Gasteiger partial charge in [-0.05, 0) is 0 Å². The molecule has 42 valence electrons. The summed E-state index contributed by atoms with van der Waals surface area (Å²) in [5.74, 6) is 0. The molecule has 0 rings (SSSR count). The summed E-state index contributed by atoms with van der Waals surface area (Å²) in [5.41, 5.74) is 0. The third kappa shape index (κ3) is 6.56. The molecule has 7 heavy (non-hydrogen) atoms. The first-order valence-corrected chi connectivity index (χ1v) is 5.35. The van der Waals surface area contributed by atoms with Gasteiger partial charge in [-0.25, -0.2) is 0 Å². The van der Waals surface area contributed by atoms with Gasteiger partial charge in [0.1, 0.15) is 0 Å². The van der Waals surface area contributed by atoms with E-state index in [1.807, 2.05) is 0 Å². The van der Waals surface area contributed by atoms with Crippen LogP contribution in [0.1, 0.15) is 27.2 Å². The Kier molecular flexibility index (Phi) is 5.09. The van der Waals surface area contributed by atoms with Gasteiger partial charge in [-0.15, -0.1) is 0 Å². The molecule has 0 fully saturated rings. The number of rotatable bonds is 3. The Morgan fingerprint density at radius 2 is 2.00 bits per heavy atom. The minimum absolute atomic E-state index is 0.688. The standard InChI is InChI=1S/C6H14As/c1-4-5-7-6(2)3/h6H,4-5H2,1-3H3/q+1. The van der Waals surface area contributed by atoms with E-state index in [1.165, 1.54) is 11.6 Å². The van der Waals surface area contributed by atoms with Crippen LogP contribution in [0.15, 0.2) is 0 Å². The van der Waals surface area contributed by atoms with Crippen molar-refractivity contribution in [3.05, 3.63) is 0 Å². The molecule has 0 aliphatic heterocycles. The summed E-state index contributed by atoms with van der Waals surface area (Å²) in [6.07, 6.45) is 1.39. The Labute approximate surface area is 53.4 Å². The summed E-state index contributed by atoms with van der Waals surface area (Å²) in [6.45, 7) is 6.89. The Bertz CT molecular complexity index is 33.2. The van der Waals surface area contributed by atoms with Gasteiger partial charge in [-0.2, -0.15) is 0 Å². The van der Waals surface area contributed by atoms with Gasteiger partial charge in [-0.3, -0.25) is 0 Å². The Morgan fingerprint density at radius 1 is 1.43 bits per heavy atom. The third-order valence-corrected chi connectivity index (χ3v) is 3.73. The van der Waals surface area contributed by atoms with E-state index in [2.05, 4.69) is 20.8 Å². The van der Waals surface area contributed by atoms with Crippen molar-refractivity contribution in [3.63, 3.8) is 0 Å². The average molecular weight is 161 g/mol. The fourth-order valence-electron chi connectivity index (χ4n) is 0.387. The van der Waals surface area contributed by atoms with Crippen LogP contribution in [0.3, 0.4) is 0 Å². The number of hydrogen-bond donors (Lipinski definition) is 0. The molecule has 0 saturated carbocycles. The van der Waals surface area contributed by atoms with Crippen LogP contribution in [-0.4, -0.2) is 15.8 Å². The first-order valence-electron chi connectivity index (χ1n) is 2.94. The maximum atomic E-state index is 2.32. The van der Waals surface area contributed by atoms with Crippen LogP contribution in [-0.2, 0) is 0 Å². The van der Waals surface area contributed by atoms with Gasteiger partial charge in [-0.1, -0.05) is 0 Å². The summed E-state index contributed by atoms with van der Waals surface area (Å²) in [6, 6.07) is 0. The van der Waals surface area contributed by atoms with E-state index >= 15 is 0 Å². The van der Waals surface area contributed by atoms with Crippen molar-refractivity contribution in [2.45, 2.75) is 37.1 Å². The fourth-order valence-corrected chi connectivity index (χ4v) is 2.01. The molecule has 0 N–H and O–H groups in total. The molecule has 0 amide bonds. The SMILES string of the molecule is CCC[As+]C(C)C. The molecule has 0 unspecified atom stereocenters. The van der Waals surface area contributed by atoms with E-state index in [4.69, 9.17) is 0 Å². The maximum absolute atomic E-state index is 2.32. The van der Waals surface area contributed by atoms with E-state index < -0.39 is 0 Å². The molecule has 0 atom stereocenters. The fraction of sp³-hybridized carbons (Fsp3) is 1.00. The van der Waals surface area contributed by atoms with Crippen LogP contribution in [0.4, 0.5) is 0 Å². The second-order valence-electron chi connectivity index (χ2n) is 2.00. The van der Waals surface area contributed by atoms with E-state index in [0.29, 0.717) is 15.8 Å². The van der Waals surface area contributed by atoms with Crippen LogP contribution in [0.25, 0.3) is 0 Å². The molecule has 0 aliphatic rings. The average Bonchev–Trinajstić information content (AvgIpc) is 1.61. The summed E-state index contributed by atoms with van der Waals surface area (Å²) in [5, 5.41) is 1.49. The van der Waals surface area contributed by atoms with Gasteiger partial charge in [0.2, 0.25) is 0 Å². The topological polar surface area (TPSA) is 0 Å². The van der Waals surface area contributed by atoms with Crippen molar-refractivity contribution < 1.29 is 0 Å². The molecule has 0 aliphatic carbocycles. The van der Waals surface area contributed by atoms with Gasteiger partial charge in [0.05, 0.1) is 0 Å². The van der Waals surface area contributed by atoms with Crippen molar-refractivity contribution >= 4 is 15.8 Å². The monoisotopic (exact) mass is 161 g/mol. The molecule has 0 aromatic heterocycles. The van der Waals surface area contributed by atoms with Gasteiger partial charge in [0, 0.05) is 0 Å². The summed E-state index contributed by atoms with van der Waals surface area (Å²) >= 11 is 0.688. The second-order valence-corrected chi connectivity index (χ2v) is 5.87. The Balaban J connectivity index is 2.68. The molecule has 1 heteroatoms. The van der Waals surface area contributed by atoms with E-state index in [9.17, 15) is 0 Å². The quantitative estimate of drug-likeness (QED) is 0.557. The van der Waals surface area contributed by atoms with Crippen LogP contribution in [0.5, 0.6) is 0 Å². The molecule has 0 saturated heterocycles. The zero-order valence-electron chi connectivity index (χ0n) is 5.44. The molecule has 0 aromatic carbocycles. The molecule has 0 spiro atoms. The molecule has 0 heterocycles. The van der Waals surface area contributed by atoms with Crippen LogP contribution < -0.4 is 0 Å². The molecule has 0 aromatic rings. The molecule has 2 radical (unpaired) electrons. The van der Waals surface area contributed by atoms with E-state index in [-0.39, 0.29) is 0 Å². The van der Waals surface area contributed by atoms with Crippen molar-refractivity contribution in [3.8, 4) is 0 Å². The molecule has 0 bridgehead atoms. The Hall–Kier alpha value is 0.558. The first kappa shape index (κ1) is 7.56. The van der Waals surface area contributed by atoms with Crippen molar-refractivity contribution in [2.75, 3.05) is 0 Å². The van der Waals surface area contributed by atoms with E-state index in [0.717, 1.165) is 4.71 Å². The van der Waals surface area contributed by atoms with Gasteiger partial charge in [0.25, 0.3) is 0 Å². The van der Waals surface area contributed by atoms with E-state index in [1.54, 1.807) is 0 Å². The van der Waals surface area contributed by atoms with Crippen LogP contribution in [0, 0.1) is 0 Å². The summed E-state index contributed by atoms with van der Waals surface area (Å²) in [7, 11) is 0. The molecular formula is C6H14As+. The third-order valence-electron chi connectivity index (χ3n) is 0.718. The predicted octanol–water partition coefficient (Wildman–Crippen LogP) is 2.35. The minimum atomic E-state index is 0.688. The van der Waals surface area contributed by atoms with Crippen LogP contribution >= 0.6 is 0 Å². The second kappa shape index (κ2) is 4.71. The zero-order chi connectivity index (χ0) is 5.70. The van der Waals surface area contributed by atoms with Crippen molar-refractivity contribution in [2.24, 2.45) is 0 Å². The van der Waals surface area contributed by atoms with Crippen LogP contribution in [0.2, 0.25) is 9.91 Å². The predicted molar refractivity (Wildman–Crippen MR) is 35.9 cm³/mol. The summed E-state index contributed by atoms with van der Waals surface area (Å²) in [4.78, 5) is 0. The first-order chi connectivity index (χ1) is 3.27. The Morgan fingerprint density at radius 3 is 2.14 bits per heavy atom. The van der Waals surface area contributed by atoms with Gasteiger partial charge in [0.15, 0.2) is 0 Å². The number of hydrogen-bond acceptors (Lipinski definition) is 0. The molecule has 0 nitrogen and oxygen atoms in total. The van der Waals surface area contributed by atoms with Gasteiger partial charge >= 0.3 is 52.9 Å². The summed E-state index contributed by atoms with van der Waals surface area (Å²) < 4.78 is 0.996. The molecular weight excluding hydrogens is 147 g/mol. The normalized spacial score (nSPS) is 12.0.